The molecule has 0 saturated carbocycles. The SMILES string of the molecule is O=C(OCc1ccccc1)N1CCC(O)(C(=O)CBr)CC1. The molecule has 2 rings (SSSR count). The van der Waals surface area contributed by atoms with Crippen LogP contribution in [-0.2, 0) is 16.1 Å². The van der Waals surface area contributed by atoms with Crippen LogP contribution in [-0.4, -0.2) is 45.9 Å². The van der Waals surface area contributed by atoms with Crippen LogP contribution in [0.15, 0.2) is 30.3 Å². The van der Waals surface area contributed by atoms with E-state index in [2.05, 4.69) is 15.9 Å². The fraction of sp³-hybridized carbons (Fsp3) is 0.467. The number of amides is 1. The number of Topliss-reactive ketones (excluding diaryl/α,β-unsaturated/α-hetero) is 1. The van der Waals surface area contributed by atoms with Crippen molar-refractivity contribution >= 4 is 27.8 Å². The van der Waals surface area contributed by atoms with E-state index in [0.717, 1.165) is 5.56 Å². The minimum absolute atomic E-state index is 0.127. The first-order valence-electron chi connectivity index (χ1n) is 6.82. The highest BCUT2D eigenvalue weighted by Gasteiger charge is 2.39. The number of ketones is 1. The fourth-order valence-electron chi connectivity index (χ4n) is 2.27. The van der Waals surface area contributed by atoms with Gasteiger partial charge in [0.1, 0.15) is 12.2 Å². The first kappa shape index (κ1) is 16.0. The molecule has 1 amide bonds. The van der Waals surface area contributed by atoms with Crippen LogP contribution in [0.5, 0.6) is 0 Å². The lowest BCUT2D eigenvalue weighted by Gasteiger charge is -2.36. The van der Waals surface area contributed by atoms with Gasteiger partial charge in [-0.15, -0.1) is 0 Å². The molecule has 0 aromatic heterocycles. The Morgan fingerprint density at radius 2 is 1.86 bits per heavy atom. The monoisotopic (exact) mass is 355 g/mol. The number of hydrogen-bond donors (Lipinski definition) is 1. The lowest BCUT2D eigenvalue weighted by atomic mass is 9.88. The summed E-state index contributed by atoms with van der Waals surface area (Å²) in [7, 11) is 0. The van der Waals surface area contributed by atoms with Gasteiger partial charge >= 0.3 is 6.09 Å². The second-order valence-electron chi connectivity index (χ2n) is 5.12. The molecule has 0 unspecified atom stereocenters. The van der Waals surface area contributed by atoms with Gasteiger partial charge in [0.05, 0.1) is 5.33 Å². The molecule has 0 radical (unpaired) electrons. The average molecular weight is 356 g/mol. The first-order chi connectivity index (χ1) is 10.0. The Hall–Kier alpha value is -1.40. The van der Waals surface area contributed by atoms with Crippen molar-refractivity contribution in [3.63, 3.8) is 0 Å². The third-order valence-electron chi connectivity index (χ3n) is 3.69. The topological polar surface area (TPSA) is 66.8 Å². The molecule has 0 spiro atoms. The smallest absolute Gasteiger partial charge is 0.410 e. The van der Waals surface area contributed by atoms with E-state index in [1.807, 2.05) is 30.3 Å². The van der Waals surface area contributed by atoms with Gasteiger partial charge in [-0.25, -0.2) is 4.79 Å². The summed E-state index contributed by atoms with van der Waals surface area (Å²) in [6.07, 6.45) is 0.0858. The minimum atomic E-state index is -1.32. The molecule has 1 aromatic rings. The third-order valence-corrected chi connectivity index (χ3v) is 4.20. The molecular formula is C15H18BrNO4. The van der Waals surface area contributed by atoms with Gasteiger partial charge in [0.25, 0.3) is 0 Å². The number of rotatable bonds is 4. The summed E-state index contributed by atoms with van der Waals surface area (Å²) in [6, 6.07) is 9.44. The molecule has 1 N–H and O–H groups in total. The number of halogens is 1. The maximum absolute atomic E-state index is 11.9. The molecule has 0 bridgehead atoms. The van der Waals surface area contributed by atoms with Crippen LogP contribution in [0.4, 0.5) is 4.79 Å². The van der Waals surface area contributed by atoms with Crippen molar-refractivity contribution < 1.29 is 19.4 Å². The number of piperidine rings is 1. The number of ether oxygens (including phenoxy) is 1. The van der Waals surface area contributed by atoms with Gasteiger partial charge in [0.15, 0.2) is 5.78 Å². The molecule has 1 fully saturated rings. The first-order valence-corrected chi connectivity index (χ1v) is 7.94. The van der Waals surface area contributed by atoms with Gasteiger partial charge in [-0.1, -0.05) is 46.3 Å². The van der Waals surface area contributed by atoms with Gasteiger partial charge in [-0.2, -0.15) is 0 Å². The summed E-state index contributed by atoms with van der Waals surface area (Å²) < 4.78 is 5.23. The molecule has 1 heterocycles. The van der Waals surface area contributed by atoms with E-state index in [4.69, 9.17) is 4.74 Å². The van der Waals surface area contributed by atoms with Gasteiger partial charge in [-0.05, 0) is 5.56 Å². The Morgan fingerprint density at radius 1 is 1.24 bits per heavy atom. The molecule has 1 saturated heterocycles. The van der Waals surface area contributed by atoms with Crippen LogP contribution in [0.2, 0.25) is 0 Å². The quantitative estimate of drug-likeness (QED) is 0.840. The maximum Gasteiger partial charge on any atom is 0.410 e. The average Bonchev–Trinajstić information content (AvgIpc) is 2.53. The summed E-state index contributed by atoms with van der Waals surface area (Å²) in [6.45, 7) is 0.868. The summed E-state index contributed by atoms with van der Waals surface area (Å²) in [5.74, 6) is -0.236. The van der Waals surface area contributed by atoms with Gasteiger partial charge in [0, 0.05) is 25.9 Å². The lowest BCUT2D eigenvalue weighted by Crippen LogP contribution is -2.51. The van der Waals surface area contributed by atoms with E-state index in [9.17, 15) is 14.7 Å². The Bertz CT molecular complexity index is 498. The molecule has 21 heavy (non-hydrogen) atoms. The number of alkyl halides is 1. The maximum atomic E-state index is 11.9. The summed E-state index contributed by atoms with van der Waals surface area (Å²) >= 11 is 3.07. The van der Waals surface area contributed by atoms with Gasteiger partial charge in [-0.3, -0.25) is 4.79 Å². The Balaban J connectivity index is 1.82. The molecule has 1 aliphatic heterocycles. The summed E-state index contributed by atoms with van der Waals surface area (Å²) in [4.78, 5) is 25.1. The van der Waals surface area contributed by atoms with Crippen molar-refractivity contribution in [1.29, 1.82) is 0 Å². The number of likely N-dealkylation sites (tertiary alicyclic amines) is 1. The van der Waals surface area contributed by atoms with Crippen molar-refractivity contribution in [2.24, 2.45) is 0 Å². The van der Waals surface area contributed by atoms with E-state index in [1.54, 1.807) is 0 Å². The second-order valence-corrected chi connectivity index (χ2v) is 5.68. The van der Waals surface area contributed by atoms with E-state index in [-0.39, 0.29) is 30.6 Å². The van der Waals surface area contributed by atoms with Crippen LogP contribution in [0, 0.1) is 0 Å². The molecule has 0 atom stereocenters. The Morgan fingerprint density at radius 3 is 2.43 bits per heavy atom. The minimum Gasteiger partial charge on any atom is -0.445 e. The van der Waals surface area contributed by atoms with Crippen molar-refractivity contribution in [3.05, 3.63) is 35.9 Å². The van der Waals surface area contributed by atoms with Crippen molar-refractivity contribution in [2.45, 2.75) is 25.0 Å². The predicted octanol–water partition coefficient (Wildman–Crippen LogP) is 2.11. The Labute approximate surface area is 132 Å². The summed E-state index contributed by atoms with van der Waals surface area (Å²) in [5.41, 5.74) is -0.395. The number of carbonyl (C=O) groups is 2. The molecule has 1 aliphatic rings. The zero-order chi connectivity index (χ0) is 15.3. The van der Waals surface area contributed by atoms with Gasteiger partial charge < -0.3 is 14.7 Å². The van der Waals surface area contributed by atoms with Crippen molar-refractivity contribution in [3.8, 4) is 0 Å². The fourth-order valence-corrected chi connectivity index (χ4v) is 2.79. The number of benzene rings is 1. The lowest BCUT2D eigenvalue weighted by molar-refractivity contribution is -0.138. The third kappa shape index (κ3) is 4.04. The van der Waals surface area contributed by atoms with E-state index in [0.29, 0.717) is 13.1 Å². The number of nitrogens with zero attached hydrogens (tertiary/aromatic N) is 1. The van der Waals surface area contributed by atoms with Crippen molar-refractivity contribution in [2.75, 3.05) is 18.4 Å². The molecular weight excluding hydrogens is 338 g/mol. The van der Waals surface area contributed by atoms with Crippen LogP contribution in [0.1, 0.15) is 18.4 Å². The molecule has 114 valence electrons. The standard InChI is InChI=1S/C15H18BrNO4/c16-10-13(18)15(20)6-8-17(9-7-15)14(19)21-11-12-4-2-1-3-5-12/h1-5,20H,6-11H2. The highest BCUT2D eigenvalue weighted by molar-refractivity contribution is 9.09. The van der Waals surface area contributed by atoms with Gasteiger partial charge in [0.2, 0.25) is 0 Å². The molecule has 6 heteroatoms. The highest BCUT2D eigenvalue weighted by Crippen LogP contribution is 2.24. The van der Waals surface area contributed by atoms with Crippen LogP contribution in [0.3, 0.4) is 0 Å². The van der Waals surface area contributed by atoms with Crippen LogP contribution >= 0.6 is 15.9 Å². The highest BCUT2D eigenvalue weighted by atomic mass is 79.9. The molecule has 1 aromatic carbocycles. The van der Waals surface area contributed by atoms with E-state index in [1.165, 1.54) is 4.90 Å². The van der Waals surface area contributed by atoms with E-state index >= 15 is 0 Å². The zero-order valence-corrected chi connectivity index (χ0v) is 13.2. The number of carbonyl (C=O) groups excluding carboxylic acids is 2. The number of hydrogen-bond acceptors (Lipinski definition) is 4. The van der Waals surface area contributed by atoms with Crippen LogP contribution in [0.25, 0.3) is 0 Å². The predicted molar refractivity (Wildman–Crippen MR) is 81.2 cm³/mol. The van der Waals surface area contributed by atoms with Crippen LogP contribution < -0.4 is 0 Å². The molecule has 5 nitrogen and oxygen atoms in total. The zero-order valence-electron chi connectivity index (χ0n) is 11.6. The largest absolute Gasteiger partial charge is 0.445 e. The number of aliphatic hydroxyl groups is 1. The molecule has 0 aliphatic carbocycles. The Kier molecular flexibility index (Phi) is 5.36. The van der Waals surface area contributed by atoms with E-state index < -0.39 is 11.7 Å². The van der Waals surface area contributed by atoms with Crippen molar-refractivity contribution in [1.82, 2.24) is 4.90 Å². The summed E-state index contributed by atoms with van der Waals surface area (Å²) in [5, 5.41) is 10.3. The normalized spacial score (nSPS) is 17.3. The second kappa shape index (κ2) is 7.04.